The van der Waals surface area contributed by atoms with Crippen molar-refractivity contribution >= 4 is 0 Å². The first-order valence-electron chi connectivity index (χ1n) is 3.99. The molecule has 2 N–H and O–H groups in total. The molecule has 2 heteroatoms. The summed E-state index contributed by atoms with van der Waals surface area (Å²) < 4.78 is 0. The summed E-state index contributed by atoms with van der Waals surface area (Å²) >= 11 is 0. The molecule has 2 fully saturated rings. The van der Waals surface area contributed by atoms with E-state index in [0.29, 0.717) is 5.92 Å². The van der Waals surface area contributed by atoms with Gasteiger partial charge in [0, 0.05) is 12.5 Å². The molecule has 0 heterocycles. The molecule has 0 radical (unpaired) electrons. The predicted molar refractivity (Wildman–Crippen MR) is 37.4 cm³/mol. The number of aliphatic hydroxyl groups excluding tert-OH is 1. The average molecular weight is 142 g/mol. The lowest BCUT2D eigenvalue weighted by Crippen LogP contribution is -2.35. The summed E-state index contributed by atoms with van der Waals surface area (Å²) in [7, 11) is 0. The van der Waals surface area contributed by atoms with Crippen molar-refractivity contribution in [1.82, 2.24) is 0 Å². The lowest BCUT2D eigenvalue weighted by Gasteiger charge is -2.26. The Labute approximate surface area is 60.9 Å². The Hall–Kier alpha value is -0.0800. The van der Waals surface area contributed by atoms with Crippen molar-refractivity contribution < 1.29 is 10.2 Å². The minimum atomic E-state index is -0.556. The van der Waals surface area contributed by atoms with Crippen molar-refractivity contribution in [3.05, 3.63) is 0 Å². The lowest BCUT2D eigenvalue weighted by atomic mass is 9.89. The van der Waals surface area contributed by atoms with E-state index in [1.807, 2.05) is 6.92 Å². The van der Waals surface area contributed by atoms with Crippen LogP contribution in [0.1, 0.15) is 19.8 Å². The molecule has 0 spiro atoms. The van der Waals surface area contributed by atoms with Crippen LogP contribution < -0.4 is 0 Å². The van der Waals surface area contributed by atoms with E-state index in [-0.39, 0.29) is 12.5 Å². The lowest BCUT2D eigenvalue weighted by molar-refractivity contribution is -0.0233. The summed E-state index contributed by atoms with van der Waals surface area (Å²) in [5.41, 5.74) is -0.556. The maximum Gasteiger partial charge on any atom is 0.0700 e. The zero-order chi connectivity index (χ0) is 7.35. The van der Waals surface area contributed by atoms with Crippen LogP contribution in [0, 0.1) is 17.8 Å². The third kappa shape index (κ3) is 0.663. The largest absolute Gasteiger partial charge is 0.396 e. The molecule has 0 aliphatic heterocycles. The summed E-state index contributed by atoms with van der Waals surface area (Å²) in [6.45, 7) is 2.02. The summed E-state index contributed by atoms with van der Waals surface area (Å²) in [6.07, 6.45) is 2.22. The zero-order valence-electron chi connectivity index (χ0n) is 6.25. The van der Waals surface area contributed by atoms with E-state index in [9.17, 15) is 5.11 Å². The number of rotatable bonds is 1. The molecular weight excluding hydrogens is 128 g/mol. The summed E-state index contributed by atoms with van der Waals surface area (Å²) in [6, 6.07) is 0. The van der Waals surface area contributed by atoms with Gasteiger partial charge in [0.25, 0.3) is 0 Å². The average Bonchev–Trinajstić information content (AvgIpc) is 2.57. The Morgan fingerprint density at radius 3 is 2.50 bits per heavy atom. The standard InChI is InChI=1S/C8H14O2/c1-8(10)6(4-9)2-5-3-7(5)8/h5-7,9-10H,2-4H2,1H3/t5?,6-,7?,8-/m0/s1. The highest BCUT2D eigenvalue weighted by atomic mass is 16.3. The summed E-state index contributed by atoms with van der Waals surface area (Å²) in [5.74, 6) is 1.38. The van der Waals surface area contributed by atoms with Crippen LogP contribution in [-0.2, 0) is 0 Å². The molecule has 0 amide bonds. The fourth-order valence-electron chi connectivity index (χ4n) is 2.39. The van der Waals surface area contributed by atoms with Crippen LogP contribution in [0.3, 0.4) is 0 Å². The third-order valence-corrected chi connectivity index (χ3v) is 3.31. The van der Waals surface area contributed by atoms with Crippen molar-refractivity contribution in [2.45, 2.75) is 25.4 Å². The fourth-order valence-corrected chi connectivity index (χ4v) is 2.39. The van der Waals surface area contributed by atoms with E-state index in [4.69, 9.17) is 5.11 Å². The minimum Gasteiger partial charge on any atom is -0.396 e. The normalized spacial score (nSPS) is 58.5. The highest BCUT2D eigenvalue weighted by Crippen LogP contribution is 2.59. The van der Waals surface area contributed by atoms with Gasteiger partial charge in [0.05, 0.1) is 5.60 Å². The first-order chi connectivity index (χ1) is 4.66. The molecule has 2 aliphatic rings. The van der Waals surface area contributed by atoms with E-state index < -0.39 is 5.60 Å². The Morgan fingerprint density at radius 2 is 2.20 bits per heavy atom. The van der Waals surface area contributed by atoms with Crippen LogP contribution in [0.4, 0.5) is 0 Å². The first kappa shape index (κ1) is 6.62. The van der Waals surface area contributed by atoms with E-state index in [0.717, 1.165) is 12.3 Å². The molecule has 0 bridgehead atoms. The smallest absolute Gasteiger partial charge is 0.0700 e. The van der Waals surface area contributed by atoms with Crippen molar-refractivity contribution in [2.75, 3.05) is 6.61 Å². The Balaban J connectivity index is 2.13. The Morgan fingerprint density at radius 1 is 1.50 bits per heavy atom. The minimum absolute atomic E-state index is 0.149. The Bertz CT molecular complexity index is 153. The van der Waals surface area contributed by atoms with E-state index in [1.54, 1.807) is 0 Å². The molecule has 2 saturated carbocycles. The highest BCUT2D eigenvalue weighted by molar-refractivity contribution is 5.09. The molecule has 58 valence electrons. The monoisotopic (exact) mass is 142 g/mol. The molecule has 0 aromatic carbocycles. The second-order valence-corrected chi connectivity index (χ2v) is 3.94. The van der Waals surface area contributed by atoms with Gasteiger partial charge in [-0.05, 0) is 31.6 Å². The van der Waals surface area contributed by atoms with Gasteiger partial charge in [0.15, 0.2) is 0 Å². The van der Waals surface area contributed by atoms with Gasteiger partial charge in [-0.15, -0.1) is 0 Å². The van der Waals surface area contributed by atoms with Gasteiger partial charge in [-0.2, -0.15) is 0 Å². The van der Waals surface area contributed by atoms with Crippen LogP contribution >= 0.6 is 0 Å². The molecule has 2 unspecified atom stereocenters. The molecule has 0 saturated heterocycles. The Kier molecular flexibility index (Phi) is 1.15. The third-order valence-electron chi connectivity index (χ3n) is 3.31. The van der Waals surface area contributed by atoms with Crippen molar-refractivity contribution in [3.8, 4) is 0 Å². The van der Waals surface area contributed by atoms with Gasteiger partial charge in [0.1, 0.15) is 0 Å². The van der Waals surface area contributed by atoms with Gasteiger partial charge in [-0.25, -0.2) is 0 Å². The summed E-state index contributed by atoms with van der Waals surface area (Å²) in [4.78, 5) is 0. The zero-order valence-corrected chi connectivity index (χ0v) is 6.25. The number of hydrogen-bond donors (Lipinski definition) is 2. The summed E-state index contributed by atoms with van der Waals surface area (Å²) in [5, 5.41) is 18.7. The first-order valence-corrected chi connectivity index (χ1v) is 3.99. The second kappa shape index (κ2) is 1.74. The fraction of sp³-hybridized carbons (Fsp3) is 1.00. The topological polar surface area (TPSA) is 40.5 Å². The second-order valence-electron chi connectivity index (χ2n) is 3.94. The van der Waals surface area contributed by atoms with E-state index >= 15 is 0 Å². The maximum absolute atomic E-state index is 9.80. The van der Waals surface area contributed by atoms with Crippen LogP contribution in [0.15, 0.2) is 0 Å². The van der Waals surface area contributed by atoms with Crippen LogP contribution in [0.2, 0.25) is 0 Å². The SMILES string of the molecule is C[C@@]1(O)C2CC2C[C@H]1CO. The highest BCUT2D eigenvalue weighted by Gasteiger charge is 2.59. The van der Waals surface area contributed by atoms with Gasteiger partial charge in [-0.1, -0.05) is 0 Å². The van der Waals surface area contributed by atoms with Crippen molar-refractivity contribution in [1.29, 1.82) is 0 Å². The predicted octanol–water partition coefficient (Wildman–Crippen LogP) is 0.386. The maximum atomic E-state index is 9.80. The van der Waals surface area contributed by atoms with Gasteiger partial charge >= 0.3 is 0 Å². The number of aliphatic hydroxyl groups is 2. The molecule has 4 atom stereocenters. The number of fused-ring (bicyclic) bond motifs is 1. The van der Waals surface area contributed by atoms with Crippen molar-refractivity contribution in [2.24, 2.45) is 17.8 Å². The van der Waals surface area contributed by atoms with Gasteiger partial charge in [0.2, 0.25) is 0 Å². The quantitative estimate of drug-likeness (QED) is 0.556. The molecule has 0 aromatic heterocycles. The van der Waals surface area contributed by atoms with Crippen molar-refractivity contribution in [3.63, 3.8) is 0 Å². The van der Waals surface area contributed by atoms with Crippen LogP contribution in [-0.4, -0.2) is 22.4 Å². The van der Waals surface area contributed by atoms with Gasteiger partial charge in [-0.3, -0.25) is 0 Å². The van der Waals surface area contributed by atoms with Crippen LogP contribution in [0.25, 0.3) is 0 Å². The molecular formula is C8H14O2. The van der Waals surface area contributed by atoms with E-state index in [1.165, 1.54) is 6.42 Å². The van der Waals surface area contributed by atoms with E-state index in [2.05, 4.69) is 0 Å². The molecule has 2 rings (SSSR count). The molecule has 10 heavy (non-hydrogen) atoms. The van der Waals surface area contributed by atoms with Crippen LogP contribution in [0.5, 0.6) is 0 Å². The molecule has 0 aromatic rings. The molecule has 2 aliphatic carbocycles. The van der Waals surface area contributed by atoms with Gasteiger partial charge < -0.3 is 10.2 Å². The number of hydrogen-bond acceptors (Lipinski definition) is 2. The molecule has 2 nitrogen and oxygen atoms in total.